The van der Waals surface area contributed by atoms with E-state index >= 15 is 0 Å². The van der Waals surface area contributed by atoms with Crippen LogP contribution in [0.3, 0.4) is 0 Å². The largest absolute Gasteiger partial charge is 0.452 e. The standard InChI is InChI=1S/C8H7ClN4O2/c1-4-10-8(13-12-4)11-7(14)5-2-3-15-6(5)9/h2-3H,1H3,(H2,10,11,12,13,14). The molecule has 2 aromatic heterocycles. The van der Waals surface area contributed by atoms with Crippen LogP contribution in [0.2, 0.25) is 5.22 Å². The maximum atomic E-state index is 11.6. The highest BCUT2D eigenvalue weighted by atomic mass is 35.5. The second kappa shape index (κ2) is 3.74. The number of carbonyl (C=O) groups is 1. The smallest absolute Gasteiger partial charge is 0.262 e. The molecule has 0 saturated heterocycles. The van der Waals surface area contributed by atoms with Crippen LogP contribution < -0.4 is 5.32 Å². The molecule has 2 heterocycles. The minimum absolute atomic E-state index is 0.0414. The molecule has 0 saturated carbocycles. The Morgan fingerprint density at radius 1 is 1.67 bits per heavy atom. The van der Waals surface area contributed by atoms with Gasteiger partial charge < -0.3 is 4.42 Å². The Kier molecular flexibility index (Phi) is 2.42. The fourth-order valence-corrected chi connectivity index (χ4v) is 1.22. The highest BCUT2D eigenvalue weighted by molar-refractivity contribution is 6.32. The number of anilines is 1. The molecular weight excluding hydrogens is 220 g/mol. The highest BCUT2D eigenvalue weighted by Crippen LogP contribution is 2.17. The predicted octanol–water partition coefficient (Wildman–Crippen LogP) is 1.61. The Morgan fingerprint density at radius 2 is 2.47 bits per heavy atom. The number of nitrogens with one attached hydrogen (secondary N) is 2. The van der Waals surface area contributed by atoms with E-state index in [1.165, 1.54) is 12.3 Å². The van der Waals surface area contributed by atoms with E-state index < -0.39 is 5.91 Å². The molecule has 6 nitrogen and oxygen atoms in total. The zero-order chi connectivity index (χ0) is 10.8. The summed E-state index contributed by atoms with van der Waals surface area (Å²) in [5.41, 5.74) is 0.249. The molecule has 0 aliphatic rings. The SMILES string of the molecule is Cc1nc(NC(=O)c2ccoc2Cl)n[nH]1. The first-order valence-electron chi connectivity index (χ1n) is 4.10. The van der Waals surface area contributed by atoms with Gasteiger partial charge in [0.2, 0.25) is 11.2 Å². The summed E-state index contributed by atoms with van der Waals surface area (Å²) in [6.45, 7) is 1.73. The number of carbonyl (C=O) groups excluding carboxylic acids is 1. The fraction of sp³-hybridized carbons (Fsp3) is 0.125. The number of rotatable bonds is 2. The van der Waals surface area contributed by atoms with Gasteiger partial charge in [-0.1, -0.05) is 0 Å². The number of aromatic nitrogens is 3. The van der Waals surface area contributed by atoms with E-state index in [1.54, 1.807) is 6.92 Å². The van der Waals surface area contributed by atoms with E-state index in [2.05, 4.69) is 20.5 Å². The molecule has 0 aromatic carbocycles. The topological polar surface area (TPSA) is 83.8 Å². The molecule has 0 aliphatic carbocycles. The van der Waals surface area contributed by atoms with E-state index in [9.17, 15) is 4.79 Å². The van der Waals surface area contributed by atoms with Crippen molar-refractivity contribution >= 4 is 23.5 Å². The zero-order valence-electron chi connectivity index (χ0n) is 7.74. The lowest BCUT2D eigenvalue weighted by Crippen LogP contribution is -2.12. The first kappa shape index (κ1) is 9.72. The summed E-state index contributed by atoms with van der Waals surface area (Å²) in [5.74, 6) is 0.408. The number of nitrogens with zero attached hydrogens (tertiary/aromatic N) is 2. The minimum Gasteiger partial charge on any atom is -0.452 e. The number of aryl methyl sites for hydroxylation is 1. The van der Waals surface area contributed by atoms with E-state index in [0.29, 0.717) is 5.82 Å². The number of furan rings is 1. The van der Waals surface area contributed by atoms with Crippen molar-refractivity contribution in [2.75, 3.05) is 5.32 Å². The lowest BCUT2D eigenvalue weighted by Gasteiger charge is -1.96. The van der Waals surface area contributed by atoms with Crippen molar-refractivity contribution in [3.05, 3.63) is 28.9 Å². The van der Waals surface area contributed by atoms with Crippen molar-refractivity contribution in [2.24, 2.45) is 0 Å². The maximum Gasteiger partial charge on any atom is 0.262 e. The van der Waals surface area contributed by atoms with Gasteiger partial charge in [-0.05, 0) is 24.6 Å². The number of aromatic amines is 1. The molecule has 1 amide bonds. The third-order valence-electron chi connectivity index (χ3n) is 1.69. The molecule has 0 radical (unpaired) electrons. The van der Waals surface area contributed by atoms with Gasteiger partial charge in [0.25, 0.3) is 5.91 Å². The van der Waals surface area contributed by atoms with Gasteiger partial charge in [-0.15, -0.1) is 5.10 Å². The highest BCUT2D eigenvalue weighted by Gasteiger charge is 2.14. The normalized spacial score (nSPS) is 10.3. The van der Waals surface area contributed by atoms with Crippen molar-refractivity contribution < 1.29 is 9.21 Å². The molecule has 0 atom stereocenters. The molecule has 15 heavy (non-hydrogen) atoms. The van der Waals surface area contributed by atoms with Crippen molar-refractivity contribution in [3.63, 3.8) is 0 Å². The summed E-state index contributed by atoms with van der Waals surface area (Å²) in [4.78, 5) is 15.5. The van der Waals surface area contributed by atoms with Crippen molar-refractivity contribution in [2.45, 2.75) is 6.92 Å². The fourth-order valence-electron chi connectivity index (χ4n) is 1.02. The maximum absolute atomic E-state index is 11.6. The average Bonchev–Trinajstić information content (AvgIpc) is 2.75. The van der Waals surface area contributed by atoms with Crippen molar-refractivity contribution in [1.82, 2.24) is 15.2 Å². The Morgan fingerprint density at radius 3 is 3.00 bits per heavy atom. The predicted molar refractivity (Wildman–Crippen MR) is 52.8 cm³/mol. The van der Waals surface area contributed by atoms with Gasteiger partial charge in [-0.3, -0.25) is 15.2 Å². The van der Waals surface area contributed by atoms with Crippen molar-refractivity contribution in [1.29, 1.82) is 0 Å². The summed E-state index contributed by atoms with van der Waals surface area (Å²) in [6.07, 6.45) is 1.33. The van der Waals surface area contributed by atoms with Crippen molar-refractivity contribution in [3.8, 4) is 0 Å². The number of halogens is 1. The molecule has 0 unspecified atom stereocenters. The van der Waals surface area contributed by atoms with Crippen LogP contribution >= 0.6 is 11.6 Å². The van der Waals surface area contributed by atoms with Gasteiger partial charge in [-0.2, -0.15) is 4.98 Å². The van der Waals surface area contributed by atoms with E-state index in [0.717, 1.165) is 0 Å². The van der Waals surface area contributed by atoms with Gasteiger partial charge in [-0.25, -0.2) is 0 Å². The Bertz CT molecular complexity index is 490. The van der Waals surface area contributed by atoms with Crippen LogP contribution in [0, 0.1) is 6.92 Å². The minimum atomic E-state index is -0.409. The molecule has 7 heteroatoms. The van der Waals surface area contributed by atoms with Crippen LogP contribution in [0.4, 0.5) is 5.95 Å². The molecule has 2 rings (SSSR count). The van der Waals surface area contributed by atoms with Gasteiger partial charge in [0.15, 0.2) is 0 Å². The van der Waals surface area contributed by atoms with Crippen LogP contribution in [0.5, 0.6) is 0 Å². The second-order valence-corrected chi connectivity index (χ2v) is 3.15. The molecular formula is C8H7ClN4O2. The number of hydrogen-bond acceptors (Lipinski definition) is 4. The molecule has 0 fully saturated rings. The third kappa shape index (κ3) is 1.99. The zero-order valence-corrected chi connectivity index (χ0v) is 8.50. The molecule has 0 spiro atoms. The van der Waals surface area contributed by atoms with Gasteiger partial charge in [0.05, 0.1) is 11.8 Å². The first-order valence-corrected chi connectivity index (χ1v) is 4.48. The summed E-state index contributed by atoms with van der Waals surface area (Å²) >= 11 is 5.63. The Labute approximate surface area is 89.6 Å². The van der Waals surface area contributed by atoms with Crippen LogP contribution in [0.1, 0.15) is 16.2 Å². The van der Waals surface area contributed by atoms with Crippen LogP contribution in [-0.2, 0) is 0 Å². The number of amides is 1. The van der Waals surface area contributed by atoms with Crippen LogP contribution in [-0.4, -0.2) is 21.1 Å². The van der Waals surface area contributed by atoms with E-state index in [4.69, 9.17) is 16.0 Å². The first-order chi connectivity index (χ1) is 7.16. The number of hydrogen-bond donors (Lipinski definition) is 2. The van der Waals surface area contributed by atoms with E-state index in [1.807, 2.05) is 0 Å². The molecule has 78 valence electrons. The summed E-state index contributed by atoms with van der Waals surface area (Å²) in [5, 5.41) is 8.87. The monoisotopic (exact) mass is 226 g/mol. The molecule has 0 bridgehead atoms. The van der Waals surface area contributed by atoms with Gasteiger partial charge in [0.1, 0.15) is 5.82 Å². The third-order valence-corrected chi connectivity index (χ3v) is 1.98. The quantitative estimate of drug-likeness (QED) is 0.815. The number of H-pyrrole nitrogens is 1. The molecule has 2 aromatic rings. The van der Waals surface area contributed by atoms with Gasteiger partial charge >= 0.3 is 0 Å². The molecule has 2 N–H and O–H groups in total. The Balaban J connectivity index is 2.14. The summed E-state index contributed by atoms with van der Waals surface area (Å²) in [6, 6.07) is 1.47. The lowest BCUT2D eigenvalue weighted by molar-refractivity contribution is 0.102. The lowest BCUT2D eigenvalue weighted by atomic mass is 10.3. The average molecular weight is 227 g/mol. The second-order valence-electron chi connectivity index (χ2n) is 2.81. The van der Waals surface area contributed by atoms with E-state index in [-0.39, 0.29) is 16.7 Å². The van der Waals surface area contributed by atoms with Crippen LogP contribution in [0.15, 0.2) is 16.7 Å². The summed E-state index contributed by atoms with van der Waals surface area (Å²) < 4.78 is 4.78. The van der Waals surface area contributed by atoms with Crippen LogP contribution in [0.25, 0.3) is 0 Å². The van der Waals surface area contributed by atoms with Gasteiger partial charge in [0, 0.05) is 0 Å². The Hall–Kier alpha value is -1.82. The molecule has 0 aliphatic heterocycles. The summed E-state index contributed by atoms with van der Waals surface area (Å²) in [7, 11) is 0.